The van der Waals surface area contributed by atoms with Gasteiger partial charge in [-0.1, -0.05) is 29.4 Å². The van der Waals surface area contributed by atoms with E-state index in [9.17, 15) is 9.18 Å². The second-order valence-corrected chi connectivity index (χ2v) is 8.80. The number of ether oxygens (including phenoxy) is 1. The van der Waals surface area contributed by atoms with Crippen LogP contribution < -0.4 is 4.74 Å². The van der Waals surface area contributed by atoms with Crippen LogP contribution in [0.3, 0.4) is 0 Å². The minimum absolute atomic E-state index is 0.0481. The fraction of sp³-hybridized carbons (Fsp3) is 0.333. The summed E-state index contributed by atoms with van der Waals surface area (Å²) in [5.74, 6) is 0.760. The van der Waals surface area contributed by atoms with Crippen molar-refractivity contribution in [3.8, 4) is 5.75 Å². The van der Waals surface area contributed by atoms with Crippen molar-refractivity contribution in [3.05, 3.63) is 89.6 Å². The van der Waals surface area contributed by atoms with Crippen LogP contribution >= 0.6 is 0 Å². The van der Waals surface area contributed by atoms with Crippen LogP contribution in [-0.4, -0.2) is 47.6 Å². The van der Waals surface area contributed by atoms with E-state index in [0.29, 0.717) is 18.7 Å². The highest BCUT2D eigenvalue weighted by Crippen LogP contribution is 2.20. The summed E-state index contributed by atoms with van der Waals surface area (Å²) in [5, 5.41) is 3.95. The van der Waals surface area contributed by atoms with E-state index in [2.05, 4.69) is 22.2 Å². The lowest BCUT2D eigenvalue weighted by molar-refractivity contribution is -0.127. The lowest BCUT2D eigenvalue weighted by Crippen LogP contribution is -2.40. The molecule has 7 heteroatoms. The summed E-state index contributed by atoms with van der Waals surface area (Å²) in [6.45, 7) is 3.50. The smallest absolute Gasteiger partial charge is 0.246 e. The SMILES string of the molecule is CN(Cc1ccc(OCC2CCCN(C(=O)/C=C/c3cccc(F)c3)C2)cc1)Cc1ccon1. The number of hydrogen-bond acceptors (Lipinski definition) is 5. The van der Waals surface area contributed by atoms with Crippen LogP contribution in [0.2, 0.25) is 0 Å². The van der Waals surface area contributed by atoms with Crippen LogP contribution in [0, 0.1) is 11.7 Å². The van der Waals surface area contributed by atoms with Crippen molar-refractivity contribution in [1.29, 1.82) is 0 Å². The number of carbonyl (C=O) groups excluding carboxylic acids is 1. The molecule has 2 heterocycles. The van der Waals surface area contributed by atoms with Gasteiger partial charge in [0, 0.05) is 44.2 Å². The molecule has 3 aromatic rings. The van der Waals surface area contributed by atoms with E-state index in [-0.39, 0.29) is 17.6 Å². The molecule has 1 aliphatic heterocycles. The molecule has 1 fully saturated rings. The van der Waals surface area contributed by atoms with Crippen LogP contribution in [0.4, 0.5) is 4.39 Å². The zero-order valence-corrected chi connectivity index (χ0v) is 19.4. The number of likely N-dealkylation sites (tertiary alicyclic amines) is 1. The van der Waals surface area contributed by atoms with E-state index in [1.807, 2.05) is 30.1 Å². The Morgan fingerprint density at radius 1 is 1.24 bits per heavy atom. The molecule has 1 amide bonds. The zero-order chi connectivity index (χ0) is 23.8. The summed E-state index contributed by atoms with van der Waals surface area (Å²) >= 11 is 0. The normalized spacial score (nSPS) is 16.3. The highest BCUT2D eigenvalue weighted by atomic mass is 19.1. The highest BCUT2D eigenvalue weighted by Gasteiger charge is 2.23. The number of benzene rings is 2. The number of rotatable bonds is 9. The third-order valence-corrected chi connectivity index (χ3v) is 5.88. The van der Waals surface area contributed by atoms with Gasteiger partial charge in [0.25, 0.3) is 0 Å². The van der Waals surface area contributed by atoms with Crippen molar-refractivity contribution in [2.24, 2.45) is 5.92 Å². The lowest BCUT2D eigenvalue weighted by Gasteiger charge is -2.32. The van der Waals surface area contributed by atoms with E-state index in [0.717, 1.165) is 43.9 Å². The van der Waals surface area contributed by atoms with Crippen molar-refractivity contribution in [2.45, 2.75) is 25.9 Å². The molecule has 1 atom stereocenters. The van der Waals surface area contributed by atoms with Crippen molar-refractivity contribution in [3.63, 3.8) is 0 Å². The van der Waals surface area contributed by atoms with Gasteiger partial charge in [0.1, 0.15) is 17.8 Å². The molecule has 6 nitrogen and oxygen atoms in total. The molecule has 1 aromatic heterocycles. The summed E-state index contributed by atoms with van der Waals surface area (Å²) < 4.78 is 24.2. The first-order chi connectivity index (χ1) is 16.5. The Balaban J connectivity index is 1.22. The van der Waals surface area contributed by atoms with Gasteiger partial charge in [-0.05, 0) is 61.4 Å². The first-order valence-corrected chi connectivity index (χ1v) is 11.6. The molecule has 34 heavy (non-hydrogen) atoms. The van der Waals surface area contributed by atoms with Crippen LogP contribution in [0.1, 0.15) is 29.7 Å². The summed E-state index contributed by atoms with van der Waals surface area (Å²) in [6.07, 6.45) is 6.75. The van der Waals surface area contributed by atoms with Crippen LogP contribution in [0.25, 0.3) is 6.08 Å². The Labute approximate surface area is 199 Å². The lowest BCUT2D eigenvalue weighted by atomic mass is 9.99. The van der Waals surface area contributed by atoms with Crippen molar-refractivity contribution < 1.29 is 18.4 Å². The predicted octanol–water partition coefficient (Wildman–Crippen LogP) is 4.78. The van der Waals surface area contributed by atoms with Crippen LogP contribution in [0.15, 0.2) is 71.5 Å². The number of carbonyl (C=O) groups is 1. The second kappa shape index (κ2) is 11.6. The maximum absolute atomic E-state index is 13.3. The van der Waals surface area contributed by atoms with E-state index < -0.39 is 0 Å². The summed E-state index contributed by atoms with van der Waals surface area (Å²) in [6, 6.07) is 16.2. The summed E-state index contributed by atoms with van der Waals surface area (Å²) in [7, 11) is 2.04. The molecule has 1 unspecified atom stereocenters. The van der Waals surface area contributed by atoms with Crippen molar-refractivity contribution in [2.75, 3.05) is 26.7 Å². The van der Waals surface area contributed by atoms with E-state index in [1.54, 1.807) is 24.5 Å². The monoisotopic (exact) mass is 463 g/mol. The van der Waals surface area contributed by atoms with Gasteiger partial charge in [0.15, 0.2) is 0 Å². The van der Waals surface area contributed by atoms with E-state index in [4.69, 9.17) is 9.26 Å². The minimum Gasteiger partial charge on any atom is -0.493 e. The van der Waals surface area contributed by atoms with Gasteiger partial charge >= 0.3 is 0 Å². The number of nitrogens with zero attached hydrogens (tertiary/aromatic N) is 3. The molecule has 0 spiro atoms. The highest BCUT2D eigenvalue weighted by molar-refractivity contribution is 5.91. The number of hydrogen-bond donors (Lipinski definition) is 0. The van der Waals surface area contributed by atoms with Crippen molar-refractivity contribution >= 4 is 12.0 Å². The Morgan fingerprint density at radius 3 is 2.85 bits per heavy atom. The Bertz CT molecular complexity index is 1080. The standard InChI is InChI=1S/C27H30FN3O3/c1-30(19-25-13-15-34-29-25)17-22-7-10-26(11-8-22)33-20-23-5-3-14-31(18-23)27(32)12-9-21-4-2-6-24(28)16-21/h2,4,6-13,15-16,23H,3,5,14,17-20H2,1H3/b12-9+. The molecule has 2 aromatic carbocycles. The van der Waals surface area contributed by atoms with E-state index in [1.165, 1.54) is 23.8 Å². The third-order valence-electron chi connectivity index (χ3n) is 5.88. The van der Waals surface area contributed by atoms with Gasteiger partial charge in [-0.15, -0.1) is 0 Å². The predicted molar refractivity (Wildman–Crippen MR) is 128 cm³/mol. The Kier molecular flexibility index (Phi) is 8.09. The molecule has 0 radical (unpaired) electrons. The van der Waals surface area contributed by atoms with Gasteiger partial charge in [0.05, 0.1) is 12.3 Å². The van der Waals surface area contributed by atoms with Gasteiger partial charge in [-0.25, -0.2) is 4.39 Å². The molecular weight excluding hydrogens is 433 g/mol. The zero-order valence-electron chi connectivity index (χ0n) is 19.4. The maximum atomic E-state index is 13.3. The molecule has 1 aliphatic rings. The quantitative estimate of drug-likeness (QED) is 0.428. The van der Waals surface area contributed by atoms with Crippen LogP contribution in [-0.2, 0) is 17.9 Å². The molecule has 1 saturated heterocycles. The average Bonchev–Trinajstić information content (AvgIpc) is 3.35. The molecule has 0 saturated carbocycles. The molecule has 0 N–H and O–H groups in total. The Morgan fingerprint density at radius 2 is 2.09 bits per heavy atom. The Hall–Kier alpha value is -3.45. The van der Waals surface area contributed by atoms with Gasteiger partial charge in [-0.2, -0.15) is 0 Å². The minimum atomic E-state index is -0.309. The van der Waals surface area contributed by atoms with Gasteiger partial charge < -0.3 is 14.2 Å². The number of piperidine rings is 1. The average molecular weight is 464 g/mol. The molecular formula is C27H30FN3O3. The molecule has 4 rings (SSSR count). The van der Waals surface area contributed by atoms with Crippen LogP contribution in [0.5, 0.6) is 5.75 Å². The van der Waals surface area contributed by atoms with Crippen molar-refractivity contribution in [1.82, 2.24) is 15.0 Å². The topological polar surface area (TPSA) is 58.8 Å². The summed E-state index contributed by atoms with van der Waals surface area (Å²) in [4.78, 5) is 16.6. The first-order valence-electron chi connectivity index (χ1n) is 11.6. The number of aromatic nitrogens is 1. The second-order valence-electron chi connectivity index (χ2n) is 8.80. The van der Waals surface area contributed by atoms with Gasteiger partial charge in [-0.3, -0.25) is 9.69 Å². The first kappa shape index (κ1) is 23.7. The van der Waals surface area contributed by atoms with Gasteiger partial charge in [0.2, 0.25) is 5.91 Å². The fourth-order valence-electron chi connectivity index (χ4n) is 4.15. The molecule has 0 aliphatic carbocycles. The van der Waals surface area contributed by atoms with E-state index >= 15 is 0 Å². The number of amides is 1. The fourth-order valence-corrected chi connectivity index (χ4v) is 4.15. The third kappa shape index (κ3) is 7.02. The summed E-state index contributed by atoms with van der Waals surface area (Å²) in [5.41, 5.74) is 2.78. The maximum Gasteiger partial charge on any atom is 0.246 e. The number of halogens is 1. The molecule has 0 bridgehead atoms. The largest absolute Gasteiger partial charge is 0.493 e. The molecule has 178 valence electrons.